The van der Waals surface area contributed by atoms with E-state index in [-0.39, 0.29) is 23.9 Å². The summed E-state index contributed by atoms with van der Waals surface area (Å²) >= 11 is 11.5. The molecule has 0 fully saturated rings. The van der Waals surface area contributed by atoms with E-state index in [0.29, 0.717) is 4.68 Å². The van der Waals surface area contributed by atoms with Crippen molar-refractivity contribution in [3.8, 4) is 0 Å². The number of nitrogens with zero attached hydrogens (tertiary/aromatic N) is 3. The van der Waals surface area contributed by atoms with Crippen LogP contribution in [-0.4, -0.2) is 33.0 Å². The number of aryl methyl sites for hydroxylation is 1. The molecule has 1 heterocycles. The zero-order chi connectivity index (χ0) is 21.9. The number of hydrogen-bond acceptors (Lipinski definition) is 2. The molecule has 0 aliphatic carbocycles. The van der Waals surface area contributed by atoms with Crippen LogP contribution in [0.1, 0.15) is 40.0 Å². The van der Waals surface area contributed by atoms with Gasteiger partial charge >= 0.3 is 6.18 Å². The predicted octanol–water partition coefficient (Wildman–Crippen LogP) is 5.44. The van der Waals surface area contributed by atoms with Gasteiger partial charge in [0, 0.05) is 36.6 Å². The van der Waals surface area contributed by atoms with Crippen LogP contribution in [0.2, 0.25) is 5.02 Å². The maximum absolute atomic E-state index is 14.3. The van der Waals surface area contributed by atoms with Gasteiger partial charge in [0.1, 0.15) is 11.3 Å². The summed E-state index contributed by atoms with van der Waals surface area (Å²) in [6.07, 6.45) is -7.90. The highest BCUT2D eigenvalue weighted by Crippen LogP contribution is 2.36. The van der Waals surface area contributed by atoms with Crippen LogP contribution in [0.4, 0.5) is 26.3 Å². The van der Waals surface area contributed by atoms with E-state index in [0.717, 1.165) is 24.1 Å². The van der Waals surface area contributed by atoms with Gasteiger partial charge in [-0.3, -0.25) is 4.79 Å². The van der Waals surface area contributed by atoms with E-state index in [2.05, 4.69) is 5.10 Å². The molecule has 0 radical (unpaired) electrons. The molecule has 0 unspecified atom stereocenters. The number of carbonyl (C=O) groups excluding carboxylic acids is 1. The van der Waals surface area contributed by atoms with Gasteiger partial charge in [-0.15, -0.1) is 11.6 Å². The second kappa shape index (κ2) is 9.25. The van der Waals surface area contributed by atoms with Crippen LogP contribution in [0.15, 0.2) is 18.2 Å². The Morgan fingerprint density at radius 3 is 2.52 bits per heavy atom. The first-order chi connectivity index (χ1) is 13.5. The van der Waals surface area contributed by atoms with E-state index in [1.165, 1.54) is 6.07 Å². The van der Waals surface area contributed by atoms with Gasteiger partial charge in [0.05, 0.1) is 5.56 Å². The van der Waals surface area contributed by atoms with Gasteiger partial charge in [0.2, 0.25) is 5.95 Å². The minimum Gasteiger partial charge on any atom is -0.334 e. The van der Waals surface area contributed by atoms with Crippen molar-refractivity contribution in [1.82, 2.24) is 14.7 Å². The number of alkyl halides is 6. The average Bonchev–Trinajstić information content (AvgIpc) is 2.93. The van der Waals surface area contributed by atoms with E-state index < -0.39 is 53.4 Å². The summed E-state index contributed by atoms with van der Waals surface area (Å²) in [6.45, 7) is -0.886. The summed E-state index contributed by atoms with van der Waals surface area (Å²) in [5.41, 5.74) is -3.62. The van der Waals surface area contributed by atoms with Gasteiger partial charge in [0.15, 0.2) is 0 Å². The summed E-state index contributed by atoms with van der Waals surface area (Å²) < 4.78 is 81.2. The number of benzene rings is 1. The largest absolute Gasteiger partial charge is 0.416 e. The van der Waals surface area contributed by atoms with E-state index >= 15 is 0 Å². The fourth-order valence-electron chi connectivity index (χ4n) is 2.71. The minimum atomic E-state index is -4.77. The first-order valence-electron chi connectivity index (χ1n) is 8.19. The van der Waals surface area contributed by atoms with E-state index in [1.54, 1.807) is 0 Å². The van der Waals surface area contributed by atoms with Crippen LogP contribution in [0.25, 0.3) is 0 Å². The number of carbonyl (C=O) groups is 1. The van der Waals surface area contributed by atoms with Gasteiger partial charge in [-0.05, 0) is 18.6 Å². The molecule has 0 aliphatic rings. The Bertz CT molecular complexity index is 885. The quantitative estimate of drug-likeness (QED) is 0.406. The second-order valence-electron chi connectivity index (χ2n) is 6.01. The Labute approximate surface area is 172 Å². The molecule has 12 heteroatoms. The van der Waals surface area contributed by atoms with Crippen molar-refractivity contribution in [3.63, 3.8) is 0 Å². The van der Waals surface area contributed by atoms with Crippen molar-refractivity contribution < 1.29 is 31.1 Å². The summed E-state index contributed by atoms with van der Waals surface area (Å²) in [5.74, 6) is -2.52. The van der Waals surface area contributed by atoms with E-state index in [4.69, 9.17) is 23.2 Å². The predicted molar refractivity (Wildman–Crippen MR) is 94.7 cm³/mol. The summed E-state index contributed by atoms with van der Waals surface area (Å²) in [4.78, 5) is 13.6. The number of rotatable bonds is 7. The van der Waals surface area contributed by atoms with Crippen LogP contribution in [0.3, 0.4) is 0 Å². The Morgan fingerprint density at radius 1 is 1.31 bits per heavy atom. The smallest absolute Gasteiger partial charge is 0.334 e. The normalized spacial score (nSPS) is 11.9. The molecule has 0 saturated carbocycles. The van der Waals surface area contributed by atoms with Crippen LogP contribution in [0.5, 0.6) is 0 Å². The van der Waals surface area contributed by atoms with Gasteiger partial charge in [-0.25, -0.2) is 13.5 Å². The second-order valence-corrected chi connectivity index (χ2v) is 6.79. The Morgan fingerprint density at radius 2 is 1.97 bits per heavy atom. The molecule has 0 bridgehead atoms. The van der Waals surface area contributed by atoms with Crippen LogP contribution in [0, 0.1) is 5.95 Å². The zero-order valence-electron chi connectivity index (χ0n) is 14.9. The lowest BCUT2D eigenvalue weighted by Gasteiger charge is -2.25. The fraction of sp³-hybridized carbons (Fsp3) is 0.412. The molecule has 1 aromatic heterocycles. The molecule has 4 nitrogen and oxygen atoms in total. The molecular formula is C17H15Cl2F6N3O. The number of aromatic nitrogens is 2. The third-order valence-corrected chi connectivity index (χ3v) is 4.67. The maximum Gasteiger partial charge on any atom is 0.416 e. The number of amides is 1. The highest BCUT2D eigenvalue weighted by Gasteiger charge is 2.36. The van der Waals surface area contributed by atoms with Crippen LogP contribution >= 0.6 is 23.2 Å². The lowest BCUT2D eigenvalue weighted by atomic mass is 10.1. The van der Waals surface area contributed by atoms with Crippen molar-refractivity contribution in [2.24, 2.45) is 7.05 Å². The van der Waals surface area contributed by atoms with Gasteiger partial charge in [0.25, 0.3) is 12.3 Å². The number of hydrogen-bond donors (Lipinski definition) is 0. The Balaban J connectivity index is 2.52. The third-order valence-electron chi connectivity index (χ3n) is 4.05. The lowest BCUT2D eigenvalue weighted by Crippen LogP contribution is -2.34. The van der Waals surface area contributed by atoms with Crippen molar-refractivity contribution in [2.75, 3.05) is 12.4 Å². The average molecular weight is 462 g/mol. The van der Waals surface area contributed by atoms with Gasteiger partial charge in [-0.1, -0.05) is 17.7 Å². The van der Waals surface area contributed by atoms with Crippen molar-refractivity contribution >= 4 is 29.1 Å². The highest BCUT2D eigenvalue weighted by atomic mass is 35.5. The molecule has 2 aromatic rings. The topological polar surface area (TPSA) is 38.1 Å². The zero-order valence-corrected chi connectivity index (χ0v) is 16.4. The first kappa shape index (κ1) is 23.3. The molecule has 0 N–H and O–H groups in total. The third kappa shape index (κ3) is 5.16. The van der Waals surface area contributed by atoms with Gasteiger partial charge < -0.3 is 4.90 Å². The van der Waals surface area contributed by atoms with Gasteiger partial charge in [-0.2, -0.15) is 22.7 Å². The Kier molecular flexibility index (Phi) is 7.45. The van der Waals surface area contributed by atoms with E-state index in [9.17, 15) is 31.1 Å². The molecule has 0 atom stereocenters. The standard InChI is InChI=1S/C17H15Cl2F6N3O/c1-27-15(22)12(13(26-27)14(20)21)16(29)28(7-3-6-18)8-9-10(17(23,24)25)4-2-5-11(9)19/h2,4-5,14H,3,6-8H2,1H3. The lowest BCUT2D eigenvalue weighted by molar-refractivity contribution is -0.138. The van der Waals surface area contributed by atoms with Crippen LogP contribution < -0.4 is 0 Å². The molecule has 160 valence electrons. The molecule has 29 heavy (non-hydrogen) atoms. The molecule has 2 rings (SSSR count). The monoisotopic (exact) mass is 461 g/mol. The molecule has 0 saturated heterocycles. The Hall–Kier alpha value is -1.94. The highest BCUT2D eigenvalue weighted by molar-refractivity contribution is 6.31. The van der Waals surface area contributed by atoms with Crippen molar-refractivity contribution in [1.29, 1.82) is 0 Å². The molecule has 0 aliphatic heterocycles. The number of halogens is 8. The van der Waals surface area contributed by atoms with Crippen LogP contribution in [-0.2, 0) is 19.8 Å². The van der Waals surface area contributed by atoms with Crippen molar-refractivity contribution in [2.45, 2.75) is 25.6 Å². The maximum atomic E-state index is 14.3. The SMILES string of the molecule is Cn1nc(C(F)F)c(C(=O)N(CCCCl)Cc2c(Cl)cccc2C(F)(F)F)c1F. The fourth-order valence-corrected chi connectivity index (χ4v) is 3.06. The van der Waals surface area contributed by atoms with E-state index in [1.807, 2.05) is 0 Å². The molecule has 0 spiro atoms. The summed E-state index contributed by atoms with van der Waals surface area (Å²) in [6, 6.07) is 3.07. The summed E-state index contributed by atoms with van der Waals surface area (Å²) in [5, 5.41) is 3.01. The minimum absolute atomic E-state index is 0.0374. The first-order valence-corrected chi connectivity index (χ1v) is 9.10. The molecule has 1 amide bonds. The summed E-state index contributed by atoms with van der Waals surface area (Å²) in [7, 11) is 1.02. The molecular weight excluding hydrogens is 447 g/mol. The molecule has 1 aromatic carbocycles. The van der Waals surface area contributed by atoms with Crippen molar-refractivity contribution in [3.05, 3.63) is 51.6 Å².